The average Bonchev–Trinajstić information content (AvgIpc) is 3.04. The van der Waals surface area contributed by atoms with Crippen LogP contribution < -0.4 is 10.1 Å². The summed E-state index contributed by atoms with van der Waals surface area (Å²) in [4.78, 5) is 26.1. The summed E-state index contributed by atoms with van der Waals surface area (Å²) in [6.07, 6.45) is 0.280. The number of hydrogen-bond donors (Lipinski definition) is 1. The highest BCUT2D eigenvalue weighted by Gasteiger charge is 2.35. The summed E-state index contributed by atoms with van der Waals surface area (Å²) in [7, 11) is 0. The van der Waals surface area contributed by atoms with Gasteiger partial charge in [-0.3, -0.25) is 9.59 Å². The highest BCUT2D eigenvalue weighted by molar-refractivity contribution is 5.97. The van der Waals surface area contributed by atoms with Crippen LogP contribution in [0.25, 0.3) is 0 Å². The third-order valence-corrected chi connectivity index (χ3v) is 4.52. The predicted molar refractivity (Wildman–Crippen MR) is 101 cm³/mol. The van der Waals surface area contributed by atoms with E-state index in [0.29, 0.717) is 18.8 Å². The van der Waals surface area contributed by atoms with E-state index in [9.17, 15) is 9.59 Å². The summed E-state index contributed by atoms with van der Waals surface area (Å²) >= 11 is 0. The first-order valence-electron chi connectivity index (χ1n) is 8.90. The van der Waals surface area contributed by atoms with Crippen LogP contribution in [-0.2, 0) is 16.2 Å². The van der Waals surface area contributed by atoms with Gasteiger partial charge in [-0.25, -0.2) is 0 Å². The maximum Gasteiger partial charge on any atom is 0.229 e. The maximum atomic E-state index is 12.4. The summed E-state index contributed by atoms with van der Waals surface area (Å²) < 4.78 is 5.74. The van der Waals surface area contributed by atoms with Gasteiger partial charge in [-0.2, -0.15) is 0 Å². The number of amides is 2. The van der Waals surface area contributed by atoms with E-state index in [2.05, 4.69) is 5.32 Å². The molecule has 26 heavy (non-hydrogen) atoms. The summed E-state index contributed by atoms with van der Waals surface area (Å²) in [6, 6.07) is 17.4. The van der Waals surface area contributed by atoms with Gasteiger partial charge in [-0.05, 0) is 43.7 Å². The van der Waals surface area contributed by atoms with Crippen LogP contribution in [0.2, 0.25) is 0 Å². The molecule has 1 aliphatic rings. The van der Waals surface area contributed by atoms with Gasteiger partial charge in [-0.15, -0.1) is 0 Å². The van der Waals surface area contributed by atoms with Gasteiger partial charge in [0, 0.05) is 24.7 Å². The average molecular weight is 352 g/mol. The van der Waals surface area contributed by atoms with E-state index in [1.807, 2.05) is 68.4 Å². The van der Waals surface area contributed by atoms with Crippen molar-refractivity contribution < 1.29 is 14.3 Å². The van der Waals surface area contributed by atoms with Crippen molar-refractivity contribution >= 4 is 17.5 Å². The van der Waals surface area contributed by atoms with Gasteiger partial charge in [-0.1, -0.05) is 30.3 Å². The fourth-order valence-corrected chi connectivity index (χ4v) is 3.03. The molecule has 1 heterocycles. The van der Waals surface area contributed by atoms with Gasteiger partial charge in [0.1, 0.15) is 12.4 Å². The molecule has 0 saturated carbocycles. The summed E-state index contributed by atoms with van der Waals surface area (Å²) in [6.45, 7) is 4.92. The van der Waals surface area contributed by atoms with Crippen LogP contribution in [0.5, 0.6) is 5.75 Å². The predicted octanol–water partition coefficient (Wildman–Crippen LogP) is 3.46. The van der Waals surface area contributed by atoms with Crippen LogP contribution in [-0.4, -0.2) is 29.3 Å². The van der Waals surface area contributed by atoms with Gasteiger partial charge in [0.05, 0.1) is 5.92 Å². The first-order valence-corrected chi connectivity index (χ1v) is 8.90. The van der Waals surface area contributed by atoms with E-state index in [0.717, 1.165) is 11.3 Å². The summed E-state index contributed by atoms with van der Waals surface area (Å²) in [5.41, 5.74) is 1.81. The molecule has 136 valence electrons. The summed E-state index contributed by atoms with van der Waals surface area (Å²) in [5.74, 6) is 0.386. The molecule has 2 aromatic carbocycles. The van der Waals surface area contributed by atoms with Crippen molar-refractivity contribution in [2.75, 3.05) is 11.9 Å². The lowest BCUT2D eigenvalue weighted by atomic mass is 10.1. The number of carbonyl (C=O) groups excluding carboxylic acids is 2. The van der Waals surface area contributed by atoms with Gasteiger partial charge in [0.15, 0.2) is 0 Å². The topological polar surface area (TPSA) is 58.6 Å². The Labute approximate surface area is 154 Å². The minimum Gasteiger partial charge on any atom is -0.489 e. The van der Waals surface area contributed by atoms with Crippen molar-refractivity contribution in [2.24, 2.45) is 5.92 Å². The molecule has 5 heteroatoms. The zero-order valence-corrected chi connectivity index (χ0v) is 15.1. The molecule has 0 spiro atoms. The van der Waals surface area contributed by atoms with E-state index in [4.69, 9.17) is 4.74 Å². The molecule has 1 saturated heterocycles. The lowest BCUT2D eigenvalue weighted by molar-refractivity contribution is -0.129. The Morgan fingerprint density at radius 1 is 1.15 bits per heavy atom. The fourth-order valence-electron chi connectivity index (χ4n) is 3.03. The zero-order valence-electron chi connectivity index (χ0n) is 15.1. The number of hydrogen-bond acceptors (Lipinski definition) is 3. The number of rotatable bonds is 6. The van der Waals surface area contributed by atoms with Crippen LogP contribution in [0.4, 0.5) is 5.69 Å². The van der Waals surface area contributed by atoms with Crippen LogP contribution in [0, 0.1) is 5.92 Å². The molecule has 0 bridgehead atoms. The third-order valence-electron chi connectivity index (χ3n) is 4.52. The molecule has 5 nitrogen and oxygen atoms in total. The van der Waals surface area contributed by atoms with Crippen molar-refractivity contribution in [3.8, 4) is 5.75 Å². The first-order chi connectivity index (χ1) is 12.5. The fraction of sp³-hybridized carbons (Fsp3) is 0.333. The molecule has 1 N–H and O–H groups in total. The summed E-state index contributed by atoms with van der Waals surface area (Å²) in [5, 5.41) is 2.89. The molecule has 2 amide bonds. The van der Waals surface area contributed by atoms with Crippen LogP contribution >= 0.6 is 0 Å². The SMILES string of the molecule is CC(C)N1C[C@H](C(=O)Nc2ccc(OCc3ccccc3)cc2)CC1=O. The standard InChI is InChI=1S/C21H24N2O3/c1-15(2)23-13-17(12-20(23)24)21(25)22-18-8-10-19(11-9-18)26-14-16-6-4-3-5-7-16/h3-11,15,17H,12-14H2,1-2H3,(H,22,25)/t17-/m1/s1. The lowest BCUT2D eigenvalue weighted by Crippen LogP contribution is -2.33. The second-order valence-corrected chi connectivity index (χ2v) is 6.83. The van der Waals surface area contributed by atoms with Crippen molar-refractivity contribution in [3.05, 3.63) is 60.2 Å². The van der Waals surface area contributed by atoms with Crippen molar-refractivity contribution in [3.63, 3.8) is 0 Å². The molecule has 1 aliphatic heterocycles. The molecule has 1 atom stereocenters. The number of benzene rings is 2. The highest BCUT2D eigenvalue weighted by Crippen LogP contribution is 2.23. The van der Waals surface area contributed by atoms with Crippen LogP contribution in [0.1, 0.15) is 25.8 Å². The van der Waals surface area contributed by atoms with Crippen LogP contribution in [0.15, 0.2) is 54.6 Å². The molecule has 1 fully saturated rings. The largest absolute Gasteiger partial charge is 0.489 e. The van der Waals surface area contributed by atoms with E-state index in [1.54, 1.807) is 4.90 Å². The Balaban J connectivity index is 1.52. The van der Waals surface area contributed by atoms with E-state index in [-0.39, 0.29) is 30.2 Å². The molecule has 2 aromatic rings. The molecular formula is C21H24N2O3. The number of anilines is 1. The smallest absolute Gasteiger partial charge is 0.229 e. The van der Waals surface area contributed by atoms with Crippen molar-refractivity contribution in [1.29, 1.82) is 0 Å². The Morgan fingerprint density at radius 2 is 1.85 bits per heavy atom. The van der Waals surface area contributed by atoms with Gasteiger partial charge >= 0.3 is 0 Å². The maximum absolute atomic E-state index is 12.4. The minimum absolute atomic E-state index is 0.0461. The Hall–Kier alpha value is -2.82. The van der Waals surface area contributed by atoms with Gasteiger partial charge in [0.25, 0.3) is 0 Å². The third kappa shape index (κ3) is 4.42. The molecule has 0 radical (unpaired) electrons. The quantitative estimate of drug-likeness (QED) is 0.866. The highest BCUT2D eigenvalue weighted by atomic mass is 16.5. The Morgan fingerprint density at radius 3 is 2.46 bits per heavy atom. The van der Waals surface area contributed by atoms with Crippen LogP contribution in [0.3, 0.4) is 0 Å². The Kier molecular flexibility index (Phi) is 5.56. The van der Waals surface area contributed by atoms with E-state index >= 15 is 0 Å². The molecule has 0 aromatic heterocycles. The van der Waals surface area contributed by atoms with Gasteiger partial charge < -0.3 is 15.0 Å². The molecule has 0 aliphatic carbocycles. The van der Waals surface area contributed by atoms with Crippen molar-refractivity contribution in [1.82, 2.24) is 4.90 Å². The van der Waals surface area contributed by atoms with E-state index in [1.165, 1.54) is 0 Å². The zero-order chi connectivity index (χ0) is 18.5. The number of likely N-dealkylation sites (tertiary alicyclic amines) is 1. The molecular weight excluding hydrogens is 328 g/mol. The monoisotopic (exact) mass is 352 g/mol. The minimum atomic E-state index is -0.293. The molecule has 0 unspecified atom stereocenters. The lowest BCUT2D eigenvalue weighted by Gasteiger charge is -2.20. The number of carbonyl (C=O) groups is 2. The normalized spacial score (nSPS) is 16.8. The van der Waals surface area contributed by atoms with E-state index < -0.39 is 0 Å². The second-order valence-electron chi connectivity index (χ2n) is 6.83. The molecule has 3 rings (SSSR count). The second kappa shape index (κ2) is 8.04. The number of ether oxygens (including phenoxy) is 1. The number of nitrogens with one attached hydrogen (secondary N) is 1. The Bertz CT molecular complexity index is 757. The first kappa shape index (κ1) is 18.0. The van der Waals surface area contributed by atoms with Gasteiger partial charge in [0.2, 0.25) is 11.8 Å². The number of nitrogens with zero attached hydrogens (tertiary/aromatic N) is 1. The van der Waals surface area contributed by atoms with Crippen molar-refractivity contribution in [2.45, 2.75) is 32.9 Å².